The summed E-state index contributed by atoms with van der Waals surface area (Å²) in [6.07, 6.45) is 4.10. The molecule has 3 aromatic rings. The Morgan fingerprint density at radius 3 is 2.77 bits per heavy atom. The molecule has 0 radical (unpaired) electrons. The third kappa shape index (κ3) is 3.03. The van der Waals surface area contributed by atoms with Crippen LogP contribution in [0.2, 0.25) is 0 Å². The Labute approximate surface area is 124 Å². The van der Waals surface area contributed by atoms with Crippen molar-refractivity contribution in [2.45, 2.75) is 0 Å². The molecule has 9 heteroatoms. The number of anilines is 2. The van der Waals surface area contributed by atoms with Gasteiger partial charge in [0.1, 0.15) is 30.6 Å². The van der Waals surface area contributed by atoms with Crippen molar-refractivity contribution in [3.63, 3.8) is 0 Å². The lowest BCUT2D eigenvalue weighted by Gasteiger charge is -2.08. The number of aromatic nitrogens is 5. The van der Waals surface area contributed by atoms with Gasteiger partial charge in [0.05, 0.1) is 5.69 Å². The number of hydrogen-bond donors (Lipinski definition) is 2. The highest BCUT2D eigenvalue weighted by molar-refractivity contribution is 5.99. The minimum absolute atomic E-state index is 0.0746. The Kier molecular flexibility index (Phi) is 3.69. The highest BCUT2D eigenvalue weighted by Crippen LogP contribution is 2.13. The second kappa shape index (κ2) is 5.95. The highest BCUT2D eigenvalue weighted by Gasteiger charge is 2.08. The van der Waals surface area contributed by atoms with E-state index in [-0.39, 0.29) is 11.5 Å². The van der Waals surface area contributed by atoms with Gasteiger partial charge in [-0.2, -0.15) is 5.10 Å². The van der Waals surface area contributed by atoms with E-state index in [0.717, 1.165) is 0 Å². The molecule has 0 aliphatic heterocycles. The monoisotopic (exact) mass is 299 g/mol. The first kappa shape index (κ1) is 13.6. The molecule has 2 amide bonds. The van der Waals surface area contributed by atoms with E-state index >= 15 is 0 Å². The largest absolute Gasteiger partial charge is 0.324 e. The van der Waals surface area contributed by atoms with Gasteiger partial charge in [-0.25, -0.2) is 28.8 Å². The number of benzene rings is 1. The lowest BCUT2D eigenvalue weighted by molar-refractivity contribution is 0.262. The summed E-state index contributed by atoms with van der Waals surface area (Å²) in [6.45, 7) is 0. The van der Waals surface area contributed by atoms with Crippen molar-refractivity contribution in [3.8, 4) is 5.82 Å². The summed E-state index contributed by atoms with van der Waals surface area (Å²) >= 11 is 0. The molecule has 3 rings (SSSR count). The number of carbonyl (C=O) groups excluding carboxylic acids is 1. The predicted octanol–water partition coefficient (Wildman–Crippen LogP) is 1.84. The van der Waals surface area contributed by atoms with E-state index in [1.54, 1.807) is 6.07 Å². The van der Waals surface area contributed by atoms with Crippen molar-refractivity contribution >= 4 is 17.5 Å². The van der Waals surface area contributed by atoms with Crippen LogP contribution in [0.3, 0.4) is 0 Å². The van der Waals surface area contributed by atoms with Gasteiger partial charge in [-0.15, -0.1) is 0 Å². The summed E-state index contributed by atoms with van der Waals surface area (Å²) in [4.78, 5) is 23.6. The predicted molar refractivity (Wildman–Crippen MR) is 76.0 cm³/mol. The summed E-state index contributed by atoms with van der Waals surface area (Å²) in [6, 6.07) is 6.75. The third-order valence-corrected chi connectivity index (χ3v) is 2.67. The summed E-state index contributed by atoms with van der Waals surface area (Å²) in [5, 5.41) is 8.81. The number of nitrogens with zero attached hydrogens (tertiary/aromatic N) is 5. The lowest BCUT2D eigenvalue weighted by Crippen LogP contribution is -2.21. The standard InChI is InChI=1S/C13H10FN7O/c14-9-3-1-2-4-10(9)19-13(22)20-11-5-12(17-7-16-11)21-8-15-6-18-21/h1-8H,(H2,16,17,19,20,22). The van der Waals surface area contributed by atoms with Crippen LogP contribution in [0, 0.1) is 5.82 Å². The topological polar surface area (TPSA) is 97.6 Å². The van der Waals surface area contributed by atoms with Gasteiger partial charge in [-0.05, 0) is 12.1 Å². The van der Waals surface area contributed by atoms with Crippen molar-refractivity contribution in [2.24, 2.45) is 0 Å². The first-order chi connectivity index (χ1) is 10.7. The van der Waals surface area contributed by atoms with Crippen molar-refractivity contribution in [2.75, 3.05) is 10.6 Å². The van der Waals surface area contributed by atoms with Crippen LogP contribution in [0.5, 0.6) is 0 Å². The lowest BCUT2D eigenvalue weighted by atomic mass is 10.3. The average Bonchev–Trinajstić information content (AvgIpc) is 3.04. The minimum Gasteiger partial charge on any atom is -0.305 e. The maximum atomic E-state index is 13.5. The maximum Gasteiger partial charge on any atom is 0.324 e. The van der Waals surface area contributed by atoms with Gasteiger partial charge < -0.3 is 5.32 Å². The normalized spacial score (nSPS) is 10.2. The Bertz CT molecular complexity index is 791. The number of nitrogens with one attached hydrogen (secondary N) is 2. The average molecular weight is 299 g/mol. The van der Waals surface area contributed by atoms with Crippen LogP contribution in [0.15, 0.2) is 49.3 Å². The van der Waals surface area contributed by atoms with Crippen LogP contribution in [-0.2, 0) is 0 Å². The molecule has 2 N–H and O–H groups in total. The first-order valence-electron chi connectivity index (χ1n) is 6.22. The summed E-state index contributed by atoms with van der Waals surface area (Å²) < 4.78 is 14.9. The Morgan fingerprint density at radius 2 is 2.00 bits per heavy atom. The molecule has 0 saturated heterocycles. The number of halogens is 1. The molecule has 0 saturated carbocycles. The molecule has 0 aliphatic carbocycles. The maximum absolute atomic E-state index is 13.5. The molecule has 0 aliphatic rings. The quantitative estimate of drug-likeness (QED) is 0.769. The number of para-hydroxylation sites is 1. The van der Waals surface area contributed by atoms with Crippen LogP contribution < -0.4 is 10.6 Å². The number of rotatable bonds is 3. The Hall–Kier alpha value is -3.36. The van der Waals surface area contributed by atoms with Gasteiger partial charge in [-0.1, -0.05) is 12.1 Å². The molecule has 22 heavy (non-hydrogen) atoms. The molecule has 110 valence electrons. The second-order valence-corrected chi connectivity index (χ2v) is 4.16. The van der Waals surface area contributed by atoms with E-state index in [0.29, 0.717) is 5.82 Å². The molecule has 2 heterocycles. The zero-order valence-electron chi connectivity index (χ0n) is 11.1. The molecule has 0 fully saturated rings. The molecule has 8 nitrogen and oxygen atoms in total. The summed E-state index contributed by atoms with van der Waals surface area (Å²) in [7, 11) is 0. The van der Waals surface area contributed by atoms with Crippen LogP contribution in [0.4, 0.5) is 20.7 Å². The van der Waals surface area contributed by atoms with Crippen molar-refractivity contribution in [1.82, 2.24) is 24.7 Å². The molecule has 0 spiro atoms. The molecule has 0 unspecified atom stereocenters. The fourth-order valence-electron chi connectivity index (χ4n) is 1.70. The van der Waals surface area contributed by atoms with Crippen LogP contribution in [0.1, 0.15) is 0 Å². The van der Waals surface area contributed by atoms with Gasteiger partial charge in [0.25, 0.3) is 0 Å². The number of urea groups is 1. The van der Waals surface area contributed by atoms with E-state index in [1.165, 1.54) is 47.9 Å². The molecule has 0 bridgehead atoms. The molecular formula is C13H10FN7O. The smallest absolute Gasteiger partial charge is 0.305 e. The number of carbonyl (C=O) groups is 1. The van der Waals surface area contributed by atoms with Crippen molar-refractivity contribution in [3.05, 3.63) is 55.1 Å². The van der Waals surface area contributed by atoms with Gasteiger partial charge in [0.2, 0.25) is 0 Å². The molecule has 2 aromatic heterocycles. The van der Waals surface area contributed by atoms with E-state index in [2.05, 4.69) is 30.7 Å². The van der Waals surface area contributed by atoms with E-state index < -0.39 is 11.8 Å². The van der Waals surface area contributed by atoms with E-state index in [1.807, 2.05) is 0 Å². The minimum atomic E-state index is -0.617. The molecular weight excluding hydrogens is 289 g/mol. The van der Waals surface area contributed by atoms with Crippen LogP contribution >= 0.6 is 0 Å². The van der Waals surface area contributed by atoms with Gasteiger partial charge >= 0.3 is 6.03 Å². The van der Waals surface area contributed by atoms with Gasteiger partial charge in [0.15, 0.2) is 5.82 Å². The number of hydrogen-bond acceptors (Lipinski definition) is 5. The van der Waals surface area contributed by atoms with Crippen LogP contribution in [-0.4, -0.2) is 30.8 Å². The van der Waals surface area contributed by atoms with Gasteiger partial charge in [0, 0.05) is 6.07 Å². The fraction of sp³-hybridized carbons (Fsp3) is 0. The Morgan fingerprint density at radius 1 is 1.14 bits per heavy atom. The Balaban J connectivity index is 1.72. The summed E-state index contributed by atoms with van der Waals surface area (Å²) in [5.41, 5.74) is 0.0746. The summed E-state index contributed by atoms with van der Waals surface area (Å²) in [5.74, 6) is 0.159. The third-order valence-electron chi connectivity index (χ3n) is 2.67. The fourth-order valence-corrected chi connectivity index (χ4v) is 1.70. The second-order valence-electron chi connectivity index (χ2n) is 4.16. The number of amides is 2. The van der Waals surface area contributed by atoms with Crippen molar-refractivity contribution in [1.29, 1.82) is 0 Å². The SMILES string of the molecule is O=C(Nc1cc(-n2cncn2)ncn1)Nc1ccccc1F. The molecule has 1 aromatic carbocycles. The zero-order valence-corrected chi connectivity index (χ0v) is 11.1. The van der Waals surface area contributed by atoms with E-state index in [4.69, 9.17) is 0 Å². The molecule has 0 atom stereocenters. The van der Waals surface area contributed by atoms with Crippen molar-refractivity contribution < 1.29 is 9.18 Å². The zero-order chi connectivity index (χ0) is 15.4. The van der Waals surface area contributed by atoms with Crippen LogP contribution in [0.25, 0.3) is 5.82 Å². The van der Waals surface area contributed by atoms with Gasteiger partial charge in [-0.3, -0.25) is 5.32 Å². The first-order valence-corrected chi connectivity index (χ1v) is 6.22. The highest BCUT2D eigenvalue weighted by atomic mass is 19.1. The van der Waals surface area contributed by atoms with E-state index in [9.17, 15) is 9.18 Å².